The van der Waals surface area contributed by atoms with Crippen LogP contribution in [0, 0.1) is 0 Å². The summed E-state index contributed by atoms with van der Waals surface area (Å²) in [6, 6.07) is 20.6. The van der Waals surface area contributed by atoms with Crippen LogP contribution in [0.2, 0.25) is 0 Å². The van der Waals surface area contributed by atoms with E-state index >= 15 is 0 Å². The predicted octanol–water partition coefficient (Wildman–Crippen LogP) is 7.22. The van der Waals surface area contributed by atoms with Crippen molar-refractivity contribution in [1.29, 1.82) is 0 Å². The molecule has 156 valence electrons. The van der Waals surface area contributed by atoms with E-state index in [1.54, 1.807) is 11.8 Å². The number of fused-ring (bicyclic) bond motifs is 2. The fourth-order valence-corrected chi connectivity index (χ4v) is 6.34. The zero-order valence-electron chi connectivity index (χ0n) is 17.6. The highest BCUT2D eigenvalue weighted by atomic mass is 32.2. The third kappa shape index (κ3) is 4.28. The van der Waals surface area contributed by atoms with Crippen LogP contribution in [-0.2, 0) is 12.0 Å². The minimum atomic E-state index is -0.101. The van der Waals surface area contributed by atoms with Crippen LogP contribution in [0.15, 0.2) is 65.7 Å². The lowest BCUT2D eigenvalue weighted by molar-refractivity contribution is 0.368. The van der Waals surface area contributed by atoms with Gasteiger partial charge in [-0.25, -0.2) is 0 Å². The Morgan fingerprint density at radius 2 is 1.77 bits per heavy atom. The number of nitrogens with two attached hydrogens (primary N) is 1. The van der Waals surface area contributed by atoms with E-state index in [0.717, 1.165) is 41.7 Å². The molecule has 0 saturated heterocycles. The minimum Gasteiger partial charge on any atom is -0.457 e. The zero-order chi connectivity index (χ0) is 21.0. The maximum Gasteiger partial charge on any atom is 0.154 e. The van der Waals surface area contributed by atoms with Gasteiger partial charge in [-0.05, 0) is 67.1 Å². The number of rotatable bonds is 3. The number of thiophene rings is 1. The first-order chi connectivity index (χ1) is 14.7. The van der Waals surface area contributed by atoms with Crippen LogP contribution in [0.5, 0.6) is 11.5 Å². The quantitative estimate of drug-likeness (QED) is 0.471. The number of thioether (sulfide) groups is 1. The summed E-state index contributed by atoms with van der Waals surface area (Å²) in [4.78, 5) is 7.69. The molecule has 2 N–H and O–H groups in total. The highest BCUT2D eigenvalue weighted by molar-refractivity contribution is 8.13. The molecule has 2 aromatic carbocycles. The van der Waals surface area contributed by atoms with Gasteiger partial charge in [0.25, 0.3) is 0 Å². The number of aliphatic imine (C=N–C) groups is 1. The summed E-state index contributed by atoms with van der Waals surface area (Å²) >= 11 is 3.58. The van der Waals surface area contributed by atoms with Gasteiger partial charge < -0.3 is 10.5 Å². The Labute approximate surface area is 187 Å². The third-order valence-electron chi connectivity index (χ3n) is 5.49. The summed E-state index contributed by atoms with van der Waals surface area (Å²) in [5.74, 6) is 2.77. The second-order valence-corrected chi connectivity index (χ2v) is 9.58. The van der Waals surface area contributed by atoms with Crippen molar-refractivity contribution in [3.05, 3.63) is 71.1 Å². The van der Waals surface area contributed by atoms with Gasteiger partial charge in [-0.3, -0.25) is 4.99 Å². The topological polar surface area (TPSA) is 47.6 Å². The Bertz CT molecular complexity index is 1030. The normalized spacial score (nSPS) is 20.0. The lowest BCUT2D eigenvalue weighted by Crippen LogP contribution is -2.34. The first kappa shape index (κ1) is 21.0. The Morgan fingerprint density at radius 1 is 0.967 bits per heavy atom. The number of aryl methyl sites for hydroxylation is 1. The van der Waals surface area contributed by atoms with Gasteiger partial charge in [0.05, 0.1) is 5.54 Å². The Balaban J connectivity index is 0.00000106. The molecule has 0 fully saturated rings. The molecule has 0 amide bonds. The summed E-state index contributed by atoms with van der Waals surface area (Å²) < 4.78 is 6.03. The molecule has 1 aliphatic heterocycles. The van der Waals surface area contributed by atoms with Gasteiger partial charge in [0.2, 0.25) is 0 Å². The summed E-state index contributed by atoms with van der Waals surface area (Å²) in [5.41, 5.74) is 8.61. The number of ether oxygens (including phenoxy) is 1. The molecular weight excluding hydrogens is 408 g/mol. The second kappa shape index (κ2) is 9.27. The molecular formula is C25H28N2OS2. The van der Waals surface area contributed by atoms with Crippen LogP contribution >= 0.6 is 23.1 Å². The van der Waals surface area contributed by atoms with Crippen LogP contribution in [0.1, 0.15) is 43.6 Å². The van der Waals surface area contributed by atoms with Gasteiger partial charge in [0.1, 0.15) is 11.5 Å². The van der Waals surface area contributed by atoms with Gasteiger partial charge in [-0.1, -0.05) is 55.9 Å². The Hall–Kier alpha value is -2.24. The van der Waals surface area contributed by atoms with E-state index in [1.807, 2.05) is 61.6 Å². The molecule has 5 rings (SSSR count). The monoisotopic (exact) mass is 436 g/mol. The number of benzene rings is 2. The van der Waals surface area contributed by atoms with E-state index in [4.69, 9.17) is 15.5 Å². The lowest BCUT2D eigenvalue weighted by atomic mass is 9.78. The van der Waals surface area contributed by atoms with E-state index in [2.05, 4.69) is 24.3 Å². The van der Waals surface area contributed by atoms with Crippen molar-refractivity contribution in [2.24, 2.45) is 10.7 Å². The molecule has 30 heavy (non-hydrogen) atoms. The molecule has 3 aromatic rings. The predicted molar refractivity (Wildman–Crippen MR) is 131 cm³/mol. The van der Waals surface area contributed by atoms with Gasteiger partial charge in [-0.15, -0.1) is 11.3 Å². The third-order valence-corrected chi connectivity index (χ3v) is 7.53. The number of hydrogen-bond acceptors (Lipinski definition) is 5. The zero-order valence-corrected chi connectivity index (χ0v) is 19.2. The number of hydrogen-bond donors (Lipinski definition) is 1. The molecule has 0 radical (unpaired) electrons. The van der Waals surface area contributed by atoms with E-state index in [9.17, 15) is 0 Å². The second-order valence-electron chi connectivity index (χ2n) is 7.32. The molecule has 1 aromatic heterocycles. The average Bonchev–Trinajstić information content (AvgIpc) is 3.22. The first-order valence-electron chi connectivity index (χ1n) is 10.7. The molecule has 2 aliphatic rings. The van der Waals surface area contributed by atoms with Crippen molar-refractivity contribution >= 4 is 28.3 Å². The highest BCUT2D eigenvalue weighted by Gasteiger charge is 2.39. The van der Waals surface area contributed by atoms with Crippen LogP contribution in [0.4, 0.5) is 0 Å². The maximum atomic E-state index is 6.11. The summed E-state index contributed by atoms with van der Waals surface area (Å²) in [5, 5.41) is 0.741. The first-order valence-corrected chi connectivity index (χ1v) is 12.5. The minimum absolute atomic E-state index is 0.101. The SMILES string of the molecule is CC.NC1=NC2(CCCc3sc(-c4cccc(Oc5ccccc5)c4)cc32)CCS1. The molecule has 1 atom stereocenters. The molecule has 1 spiro atoms. The number of para-hydroxylation sites is 1. The van der Waals surface area contributed by atoms with E-state index < -0.39 is 0 Å². The van der Waals surface area contributed by atoms with E-state index in [-0.39, 0.29) is 5.54 Å². The van der Waals surface area contributed by atoms with Gasteiger partial charge in [-0.2, -0.15) is 0 Å². The smallest absolute Gasteiger partial charge is 0.154 e. The van der Waals surface area contributed by atoms with Crippen molar-refractivity contribution in [1.82, 2.24) is 0 Å². The maximum absolute atomic E-state index is 6.11. The van der Waals surface area contributed by atoms with Gasteiger partial charge in [0.15, 0.2) is 5.17 Å². The molecule has 0 saturated carbocycles. The van der Waals surface area contributed by atoms with Crippen LogP contribution in [0.25, 0.3) is 10.4 Å². The average molecular weight is 437 g/mol. The lowest BCUT2D eigenvalue weighted by Gasteiger charge is -2.36. The molecule has 5 heteroatoms. The van der Waals surface area contributed by atoms with Crippen molar-refractivity contribution in [3.63, 3.8) is 0 Å². The Kier molecular flexibility index (Phi) is 6.49. The number of nitrogens with zero attached hydrogens (tertiary/aromatic N) is 1. The van der Waals surface area contributed by atoms with Crippen LogP contribution < -0.4 is 10.5 Å². The fraction of sp³-hybridized carbons (Fsp3) is 0.320. The summed E-state index contributed by atoms with van der Waals surface area (Å²) in [6.07, 6.45) is 4.52. The molecule has 1 unspecified atom stereocenters. The number of amidine groups is 1. The Morgan fingerprint density at radius 3 is 2.57 bits per heavy atom. The largest absolute Gasteiger partial charge is 0.457 e. The molecule has 2 heterocycles. The van der Waals surface area contributed by atoms with Crippen molar-refractivity contribution in [3.8, 4) is 21.9 Å². The standard InChI is InChI=1S/C23H22N2OS2.C2H6/c24-22-25-23(12-13-27-22)11-5-10-20-19(23)15-21(28-20)16-6-4-9-18(14-16)26-17-7-2-1-3-8-17;1-2/h1-4,6-9,14-15H,5,10-13H2,(H2,24,25);1-2H3. The molecule has 1 aliphatic carbocycles. The van der Waals surface area contributed by atoms with Crippen LogP contribution in [-0.4, -0.2) is 10.9 Å². The van der Waals surface area contributed by atoms with E-state index in [0.29, 0.717) is 0 Å². The fourth-order valence-electron chi connectivity index (χ4n) is 4.16. The van der Waals surface area contributed by atoms with Crippen LogP contribution in [0.3, 0.4) is 0 Å². The highest BCUT2D eigenvalue weighted by Crippen LogP contribution is 2.49. The van der Waals surface area contributed by atoms with Crippen molar-refractivity contribution in [2.45, 2.75) is 45.1 Å². The van der Waals surface area contributed by atoms with Gasteiger partial charge in [0, 0.05) is 15.5 Å². The summed E-state index contributed by atoms with van der Waals surface area (Å²) in [7, 11) is 0. The molecule has 3 nitrogen and oxygen atoms in total. The van der Waals surface area contributed by atoms with Gasteiger partial charge >= 0.3 is 0 Å². The van der Waals surface area contributed by atoms with Crippen molar-refractivity contribution in [2.75, 3.05) is 5.75 Å². The van der Waals surface area contributed by atoms with E-state index in [1.165, 1.54) is 27.3 Å². The molecule has 0 bridgehead atoms. The summed E-state index contributed by atoms with van der Waals surface area (Å²) in [6.45, 7) is 4.00. The van der Waals surface area contributed by atoms with Crippen molar-refractivity contribution < 1.29 is 4.74 Å².